The number of carbonyl (C=O) groups excluding carboxylic acids is 1. The lowest BCUT2D eigenvalue weighted by atomic mass is 9.98. The number of rotatable bonds is 6. The largest absolute Gasteiger partial charge is 0.380 e. The third-order valence-electron chi connectivity index (χ3n) is 3.81. The van der Waals surface area contributed by atoms with Gasteiger partial charge in [0.1, 0.15) is 17.3 Å². The molecule has 0 unspecified atom stereocenters. The summed E-state index contributed by atoms with van der Waals surface area (Å²) in [4.78, 5) is 12.2. The molecule has 1 amide bonds. The van der Waals surface area contributed by atoms with E-state index in [1.165, 1.54) is 18.2 Å². The molecule has 2 rings (SSSR count). The molecule has 0 atom stereocenters. The summed E-state index contributed by atoms with van der Waals surface area (Å²) in [6.07, 6.45) is 0.111. The molecule has 0 heterocycles. The molecule has 24 heavy (non-hydrogen) atoms. The zero-order chi connectivity index (χ0) is 17.7. The first-order valence-corrected chi connectivity index (χ1v) is 7.97. The van der Waals surface area contributed by atoms with E-state index in [0.717, 1.165) is 16.8 Å². The molecule has 0 saturated carbocycles. The summed E-state index contributed by atoms with van der Waals surface area (Å²) in [5.41, 5.74) is 2.66. The van der Waals surface area contributed by atoms with Crippen molar-refractivity contribution >= 4 is 17.3 Å². The van der Waals surface area contributed by atoms with E-state index in [-0.39, 0.29) is 30.5 Å². The van der Waals surface area contributed by atoms with Crippen LogP contribution in [-0.4, -0.2) is 12.5 Å². The fourth-order valence-corrected chi connectivity index (χ4v) is 2.51. The van der Waals surface area contributed by atoms with Gasteiger partial charge in [0.2, 0.25) is 5.91 Å². The molecule has 0 radical (unpaired) electrons. The Labute approximate surface area is 141 Å². The summed E-state index contributed by atoms with van der Waals surface area (Å²) in [5.74, 6) is -1.26. The predicted molar refractivity (Wildman–Crippen MR) is 93.4 cm³/mol. The van der Waals surface area contributed by atoms with Gasteiger partial charge in [0, 0.05) is 18.7 Å². The van der Waals surface area contributed by atoms with Gasteiger partial charge in [-0.15, -0.1) is 0 Å². The van der Waals surface area contributed by atoms with E-state index in [1.807, 2.05) is 25.1 Å². The summed E-state index contributed by atoms with van der Waals surface area (Å²) < 4.78 is 27.0. The second-order valence-corrected chi connectivity index (χ2v) is 6.02. The maximum Gasteiger partial charge on any atom is 0.226 e. The van der Waals surface area contributed by atoms with Crippen LogP contribution in [0.1, 0.15) is 37.3 Å². The van der Waals surface area contributed by atoms with Crippen molar-refractivity contribution in [3.05, 3.63) is 59.2 Å². The molecule has 0 bridgehead atoms. The molecule has 3 nitrogen and oxygen atoms in total. The third kappa shape index (κ3) is 4.31. The Kier molecular flexibility index (Phi) is 5.90. The van der Waals surface area contributed by atoms with Crippen molar-refractivity contribution in [2.24, 2.45) is 0 Å². The maximum absolute atomic E-state index is 13.5. The molecular weight excluding hydrogens is 310 g/mol. The average molecular weight is 332 g/mol. The molecule has 0 saturated heterocycles. The molecule has 0 aliphatic heterocycles. The normalized spacial score (nSPS) is 10.8. The number of hydrogen-bond acceptors (Lipinski definition) is 2. The number of benzene rings is 2. The van der Waals surface area contributed by atoms with E-state index in [0.29, 0.717) is 0 Å². The first-order chi connectivity index (χ1) is 11.4. The number of halogens is 2. The molecule has 2 aromatic rings. The van der Waals surface area contributed by atoms with Gasteiger partial charge in [0.25, 0.3) is 0 Å². The Morgan fingerprint density at radius 3 is 2.29 bits per heavy atom. The van der Waals surface area contributed by atoms with E-state index >= 15 is 0 Å². The van der Waals surface area contributed by atoms with Crippen LogP contribution in [0, 0.1) is 18.6 Å². The lowest BCUT2D eigenvalue weighted by Gasteiger charge is -2.16. The van der Waals surface area contributed by atoms with Gasteiger partial charge in [-0.05, 0) is 36.1 Å². The fraction of sp³-hybridized carbons (Fsp3) is 0.316. The smallest absolute Gasteiger partial charge is 0.226 e. The topological polar surface area (TPSA) is 41.1 Å². The molecule has 0 aliphatic rings. The number of anilines is 2. The van der Waals surface area contributed by atoms with E-state index in [1.54, 1.807) is 0 Å². The van der Waals surface area contributed by atoms with E-state index in [9.17, 15) is 13.6 Å². The van der Waals surface area contributed by atoms with Crippen LogP contribution in [0.15, 0.2) is 36.4 Å². The molecular formula is C19H22F2N2O. The number of hydrogen-bond donors (Lipinski definition) is 2. The SMILES string of the molecule is Cc1cccc(C(C)C)c1NC(=O)CCNc1c(F)cccc1F. The van der Waals surface area contributed by atoms with Crippen LogP contribution >= 0.6 is 0 Å². The van der Waals surface area contributed by atoms with Crippen molar-refractivity contribution in [1.29, 1.82) is 0 Å². The quantitative estimate of drug-likeness (QED) is 0.795. The Morgan fingerprint density at radius 2 is 1.67 bits per heavy atom. The highest BCUT2D eigenvalue weighted by atomic mass is 19.1. The molecule has 128 valence electrons. The summed E-state index contributed by atoms with van der Waals surface area (Å²) in [6, 6.07) is 9.53. The number of para-hydroxylation sites is 2. The van der Waals surface area contributed by atoms with Gasteiger partial charge in [0.15, 0.2) is 0 Å². The van der Waals surface area contributed by atoms with E-state index in [4.69, 9.17) is 0 Å². The van der Waals surface area contributed by atoms with Crippen molar-refractivity contribution in [1.82, 2.24) is 0 Å². The number of aryl methyl sites for hydroxylation is 1. The Hall–Kier alpha value is -2.43. The molecule has 2 aromatic carbocycles. The van der Waals surface area contributed by atoms with Gasteiger partial charge in [-0.2, -0.15) is 0 Å². The van der Waals surface area contributed by atoms with Crippen LogP contribution in [0.2, 0.25) is 0 Å². The number of nitrogens with one attached hydrogen (secondary N) is 2. The maximum atomic E-state index is 13.5. The summed E-state index contributed by atoms with van der Waals surface area (Å²) in [6.45, 7) is 6.21. The van der Waals surface area contributed by atoms with Crippen LogP contribution in [0.3, 0.4) is 0 Å². The highest BCUT2D eigenvalue weighted by molar-refractivity contribution is 5.92. The van der Waals surface area contributed by atoms with Crippen LogP contribution in [0.5, 0.6) is 0 Å². The van der Waals surface area contributed by atoms with Crippen molar-refractivity contribution < 1.29 is 13.6 Å². The second-order valence-electron chi connectivity index (χ2n) is 6.02. The molecule has 0 fully saturated rings. The second kappa shape index (κ2) is 7.90. The molecule has 2 N–H and O–H groups in total. The van der Waals surface area contributed by atoms with Crippen LogP contribution in [0.4, 0.5) is 20.2 Å². The summed E-state index contributed by atoms with van der Waals surface area (Å²) in [5, 5.41) is 5.55. The zero-order valence-corrected chi connectivity index (χ0v) is 14.1. The Balaban J connectivity index is 1.98. The summed E-state index contributed by atoms with van der Waals surface area (Å²) >= 11 is 0. The molecule has 0 aliphatic carbocycles. The number of carbonyl (C=O) groups is 1. The van der Waals surface area contributed by atoms with Gasteiger partial charge in [0.05, 0.1) is 0 Å². The lowest BCUT2D eigenvalue weighted by Crippen LogP contribution is -2.18. The molecule has 0 spiro atoms. The summed E-state index contributed by atoms with van der Waals surface area (Å²) in [7, 11) is 0. The fourth-order valence-electron chi connectivity index (χ4n) is 2.51. The average Bonchev–Trinajstić information content (AvgIpc) is 2.52. The standard InChI is InChI=1S/C19H22F2N2O/c1-12(2)14-7-4-6-13(3)18(14)23-17(24)10-11-22-19-15(20)8-5-9-16(19)21/h4-9,12,22H,10-11H2,1-3H3,(H,23,24). The lowest BCUT2D eigenvalue weighted by molar-refractivity contribution is -0.116. The monoisotopic (exact) mass is 332 g/mol. The minimum Gasteiger partial charge on any atom is -0.380 e. The van der Waals surface area contributed by atoms with E-state index < -0.39 is 11.6 Å². The van der Waals surface area contributed by atoms with Gasteiger partial charge in [-0.1, -0.05) is 38.1 Å². The van der Waals surface area contributed by atoms with Gasteiger partial charge >= 0.3 is 0 Å². The molecule has 5 heteroatoms. The van der Waals surface area contributed by atoms with Gasteiger partial charge < -0.3 is 10.6 Å². The zero-order valence-electron chi connectivity index (χ0n) is 14.1. The van der Waals surface area contributed by atoms with Crippen LogP contribution in [0.25, 0.3) is 0 Å². The first kappa shape index (κ1) is 17.9. The first-order valence-electron chi connectivity index (χ1n) is 7.97. The van der Waals surface area contributed by atoms with Crippen LogP contribution in [-0.2, 0) is 4.79 Å². The highest BCUT2D eigenvalue weighted by Crippen LogP contribution is 2.27. The predicted octanol–water partition coefficient (Wildman–Crippen LogP) is 4.84. The van der Waals surface area contributed by atoms with Crippen molar-refractivity contribution in [3.8, 4) is 0 Å². The number of amides is 1. The Bertz CT molecular complexity index is 709. The van der Waals surface area contributed by atoms with Crippen molar-refractivity contribution in [2.75, 3.05) is 17.2 Å². The van der Waals surface area contributed by atoms with Crippen molar-refractivity contribution in [2.45, 2.75) is 33.1 Å². The van der Waals surface area contributed by atoms with E-state index in [2.05, 4.69) is 24.5 Å². The van der Waals surface area contributed by atoms with Crippen molar-refractivity contribution in [3.63, 3.8) is 0 Å². The minimum absolute atomic E-state index is 0.111. The Morgan fingerprint density at radius 1 is 1.04 bits per heavy atom. The van der Waals surface area contributed by atoms with Gasteiger partial charge in [-0.25, -0.2) is 8.78 Å². The van der Waals surface area contributed by atoms with Crippen LogP contribution < -0.4 is 10.6 Å². The third-order valence-corrected chi connectivity index (χ3v) is 3.81. The van der Waals surface area contributed by atoms with Gasteiger partial charge in [-0.3, -0.25) is 4.79 Å². The molecule has 0 aromatic heterocycles. The highest BCUT2D eigenvalue weighted by Gasteiger charge is 2.13. The minimum atomic E-state index is -0.670.